The standard InChI is InChI=1S/C19H13ClF3NO3/c1-10-6-7-12(8-11(10)2)15-16(20)18(26)24(17(15)25)13-4-3-5-14(9-13)27-19(21,22)23/h3-9H,1-2H3. The zero-order valence-corrected chi connectivity index (χ0v) is 15.0. The summed E-state index contributed by atoms with van der Waals surface area (Å²) in [6, 6.07) is 9.78. The van der Waals surface area contributed by atoms with Gasteiger partial charge in [-0.3, -0.25) is 9.59 Å². The summed E-state index contributed by atoms with van der Waals surface area (Å²) in [4.78, 5) is 26.1. The Hall–Kier alpha value is -2.80. The summed E-state index contributed by atoms with van der Waals surface area (Å²) >= 11 is 6.10. The number of aryl methyl sites for hydroxylation is 2. The molecule has 2 amide bonds. The van der Waals surface area contributed by atoms with Crippen molar-refractivity contribution >= 4 is 34.7 Å². The summed E-state index contributed by atoms with van der Waals surface area (Å²) in [5.74, 6) is -2.06. The molecule has 0 N–H and O–H groups in total. The lowest BCUT2D eigenvalue weighted by molar-refractivity contribution is -0.274. The fourth-order valence-electron chi connectivity index (χ4n) is 2.70. The number of hydrogen-bond acceptors (Lipinski definition) is 3. The first-order valence-corrected chi connectivity index (χ1v) is 8.18. The summed E-state index contributed by atoms with van der Waals surface area (Å²) < 4.78 is 41.1. The van der Waals surface area contributed by atoms with E-state index in [1.165, 1.54) is 12.1 Å². The molecular formula is C19H13ClF3NO3. The Morgan fingerprint density at radius 2 is 1.67 bits per heavy atom. The van der Waals surface area contributed by atoms with Crippen LogP contribution >= 0.6 is 11.6 Å². The fraction of sp³-hybridized carbons (Fsp3) is 0.158. The Balaban J connectivity index is 1.99. The number of carbonyl (C=O) groups excluding carboxylic acids is 2. The van der Waals surface area contributed by atoms with E-state index in [4.69, 9.17) is 11.6 Å². The van der Waals surface area contributed by atoms with Crippen LogP contribution in [0, 0.1) is 13.8 Å². The zero-order chi connectivity index (χ0) is 19.9. The van der Waals surface area contributed by atoms with Gasteiger partial charge in [0.05, 0.1) is 11.3 Å². The van der Waals surface area contributed by atoms with E-state index >= 15 is 0 Å². The van der Waals surface area contributed by atoms with E-state index in [0.29, 0.717) is 5.56 Å². The molecule has 1 aliphatic rings. The fourth-order valence-corrected chi connectivity index (χ4v) is 2.98. The predicted molar refractivity (Wildman–Crippen MR) is 94.3 cm³/mol. The van der Waals surface area contributed by atoms with Crippen molar-refractivity contribution in [3.8, 4) is 5.75 Å². The number of rotatable bonds is 3. The molecule has 8 heteroatoms. The minimum Gasteiger partial charge on any atom is -0.406 e. The van der Waals surface area contributed by atoms with Crippen LogP contribution in [0.5, 0.6) is 5.75 Å². The molecule has 140 valence electrons. The summed E-state index contributed by atoms with van der Waals surface area (Å²) in [7, 11) is 0. The molecule has 0 aromatic heterocycles. The molecule has 0 fully saturated rings. The maximum Gasteiger partial charge on any atom is 0.573 e. The van der Waals surface area contributed by atoms with Crippen LogP contribution in [0.1, 0.15) is 16.7 Å². The molecule has 2 aromatic rings. The van der Waals surface area contributed by atoms with Crippen molar-refractivity contribution in [1.29, 1.82) is 0 Å². The Morgan fingerprint density at radius 1 is 0.963 bits per heavy atom. The van der Waals surface area contributed by atoms with Gasteiger partial charge >= 0.3 is 6.36 Å². The maximum absolute atomic E-state index is 12.8. The van der Waals surface area contributed by atoms with Gasteiger partial charge in [0.15, 0.2) is 0 Å². The normalized spacial score (nSPS) is 15.0. The van der Waals surface area contributed by atoms with E-state index in [-0.39, 0.29) is 16.3 Å². The average molecular weight is 396 g/mol. The van der Waals surface area contributed by atoms with E-state index in [1.807, 2.05) is 13.8 Å². The first-order chi connectivity index (χ1) is 12.6. The molecular weight excluding hydrogens is 383 g/mol. The molecule has 0 spiro atoms. The minimum atomic E-state index is -4.89. The molecule has 0 bridgehead atoms. The SMILES string of the molecule is Cc1ccc(C2=C(Cl)C(=O)N(c3cccc(OC(F)(F)F)c3)C2=O)cc1C. The van der Waals surface area contributed by atoms with Gasteiger partial charge in [-0.05, 0) is 42.7 Å². The van der Waals surface area contributed by atoms with Gasteiger partial charge in [0.1, 0.15) is 10.8 Å². The quantitative estimate of drug-likeness (QED) is 0.706. The van der Waals surface area contributed by atoms with Gasteiger partial charge in [0.2, 0.25) is 0 Å². The van der Waals surface area contributed by atoms with E-state index in [2.05, 4.69) is 4.74 Å². The van der Waals surface area contributed by atoms with Gasteiger partial charge in [-0.25, -0.2) is 4.90 Å². The zero-order valence-electron chi connectivity index (χ0n) is 14.2. The Labute approximate surface area is 157 Å². The summed E-state index contributed by atoms with van der Waals surface area (Å²) in [5, 5.41) is -0.287. The second kappa shape index (κ2) is 6.74. The first kappa shape index (κ1) is 19.0. The lowest BCUT2D eigenvalue weighted by atomic mass is 10.0. The van der Waals surface area contributed by atoms with Crippen molar-refractivity contribution < 1.29 is 27.5 Å². The van der Waals surface area contributed by atoms with E-state index in [0.717, 1.165) is 28.2 Å². The molecule has 0 aliphatic carbocycles. The molecule has 27 heavy (non-hydrogen) atoms. The Morgan fingerprint density at radius 3 is 2.30 bits per heavy atom. The van der Waals surface area contributed by atoms with Crippen LogP contribution < -0.4 is 9.64 Å². The van der Waals surface area contributed by atoms with Crippen LogP contribution in [0.2, 0.25) is 0 Å². The third kappa shape index (κ3) is 3.68. The summed E-state index contributed by atoms with van der Waals surface area (Å²) in [5.41, 5.74) is 2.31. The van der Waals surface area contributed by atoms with Crippen molar-refractivity contribution in [2.45, 2.75) is 20.2 Å². The van der Waals surface area contributed by atoms with Crippen LogP contribution in [0.15, 0.2) is 47.5 Å². The molecule has 0 unspecified atom stereocenters. The van der Waals surface area contributed by atoms with Crippen LogP contribution in [-0.4, -0.2) is 18.2 Å². The lowest BCUT2D eigenvalue weighted by Gasteiger charge is -2.16. The predicted octanol–water partition coefficient (Wildman–Crippen LogP) is 4.73. The number of hydrogen-bond donors (Lipinski definition) is 0. The van der Waals surface area contributed by atoms with E-state index in [9.17, 15) is 22.8 Å². The van der Waals surface area contributed by atoms with Gasteiger partial charge < -0.3 is 4.74 Å². The Bertz CT molecular complexity index is 982. The molecule has 0 atom stereocenters. The molecule has 1 heterocycles. The van der Waals surface area contributed by atoms with Crippen molar-refractivity contribution in [2.75, 3.05) is 4.90 Å². The number of nitrogens with zero attached hydrogens (tertiary/aromatic N) is 1. The van der Waals surface area contributed by atoms with Gasteiger partial charge in [0, 0.05) is 6.07 Å². The first-order valence-electron chi connectivity index (χ1n) is 7.80. The van der Waals surface area contributed by atoms with Gasteiger partial charge in [-0.2, -0.15) is 0 Å². The number of ether oxygens (including phenoxy) is 1. The molecule has 1 aliphatic heterocycles. The van der Waals surface area contributed by atoms with E-state index in [1.54, 1.807) is 18.2 Å². The average Bonchev–Trinajstić information content (AvgIpc) is 2.78. The van der Waals surface area contributed by atoms with Crippen LogP contribution in [-0.2, 0) is 9.59 Å². The molecule has 0 saturated carbocycles. The van der Waals surface area contributed by atoms with Crippen molar-refractivity contribution in [1.82, 2.24) is 0 Å². The number of alkyl halides is 3. The van der Waals surface area contributed by atoms with E-state index < -0.39 is 23.9 Å². The van der Waals surface area contributed by atoms with Crippen LogP contribution in [0.4, 0.5) is 18.9 Å². The van der Waals surface area contributed by atoms with Gasteiger partial charge in [-0.1, -0.05) is 35.9 Å². The highest BCUT2D eigenvalue weighted by atomic mass is 35.5. The monoisotopic (exact) mass is 395 g/mol. The third-order valence-electron chi connectivity index (χ3n) is 4.13. The topological polar surface area (TPSA) is 46.6 Å². The Kier molecular flexibility index (Phi) is 4.73. The molecule has 2 aromatic carbocycles. The van der Waals surface area contributed by atoms with Crippen molar-refractivity contribution in [3.63, 3.8) is 0 Å². The molecule has 0 saturated heterocycles. The largest absolute Gasteiger partial charge is 0.573 e. The number of halogens is 4. The smallest absolute Gasteiger partial charge is 0.406 e. The maximum atomic E-state index is 12.8. The molecule has 4 nitrogen and oxygen atoms in total. The second-order valence-corrected chi connectivity index (χ2v) is 6.36. The second-order valence-electron chi connectivity index (χ2n) is 5.98. The summed E-state index contributed by atoms with van der Waals surface area (Å²) in [6.45, 7) is 3.75. The van der Waals surface area contributed by atoms with Crippen LogP contribution in [0.3, 0.4) is 0 Å². The summed E-state index contributed by atoms with van der Waals surface area (Å²) in [6.07, 6.45) is -4.89. The number of benzene rings is 2. The molecule has 0 radical (unpaired) electrons. The van der Waals surface area contributed by atoms with Gasteiger partial charge in [-0.15, -0.1) is 13.2 Å². The number of carbonyl (C=O) groups is 2. The highest BCUT2D eigenvalue weighted by molar-refractivity contribution is 6.60. The highest BCUT2D eigenvalue weighted by Gasteiger charge is 2.40. The third-order valence-corrected chi connectivity index (χ3v) is 4.48. The van der Waals surface area contributed by atoms with Crippen molar-refractivity contribution in [3.05, 3.63) is 64.2 Å². The van der Waals surface area contributed by atoms with Crippen LogP contribution in [0.25, 0.3) is 5.57 Å². The number of anilines is 1. The molecule has 3 rings (SSSR count). The minimum absolute atomic E-state index is 0.00640. The van der Waals surface area contributed by atoms with Gasteiger partial charge in [0.25, 0.3) is 11.8 Å². The highest BCUT2D eigenvalue weighted by Crippen LogP contribution is 2.36. The lowest BCUT2D eigenvalue weighted by Crippen LogP contribution is -2.31. The number of imide groups is 1. The van der Waals surface area contributed by atoms with Crippen molar-refractivity contribution in [2.24, 2.45) is 0 Å². The number of amides is 2.